The first-order valence-electron chi connectivity index (χ1n) is 7.76. The lowest BCUT2D eigenvalue weighted by molar-refractivity contribution is 0.0775. The molecule has 6 heteroatoms. The average Bonchev–Trinajstić information content (AvgIpc) is 3.04. The molecule has 2 rings (SSSR count). The third-order valence-corrected chi connectivity index (χ3v) is 3.74. The number of amides is 1. The summed E-state index contributed by atoms with van der Waals surface area (Å²) < 4.78 is 0. The van der Waals surface area contributed by atoms with Gasteiger partial charge in [-0.05, 0) is 44.5 Å². The fourth-order valence-electron chi connectivity index (χ4n) is 2.39. The molecule has 0 atom stereocenters. The molecule has 0 radical (unpaired) electrons. The fourth-order valence-corrected chi connectivity index (χ4v) is 2.39. The molecule has 0 unspecified atom stereocenters. The highest BCUT2D eigenvalue weighted by atomic mass is 16.2. The lowest BCUT2D eigenvalue weighted by Gasteiger charge is -2.21. The Morgan fingerprint density at radius 1 is 1.33 bits per heavy atom. The molecule has 21 heavy (non-hydrogen) atoms. The Morgan fingerprint density at radius 2 is 2.10 bits per heavy atom. The number of hydrogen-bond donors (Lipinski definition) is 1. The van der Waals surface area contributed by atoms with E-state index in [1.54, 1.807) is 11.0 Å². The molecule has 2 heterocycles. The molecule has 1 aliphatic heterocycles. The first-order chi connectivity index (χ1) is 10.2. The monoisotopic (exact) mass is 291 g/mol. The van der Waals surface area contributed by atoms with Crippen LogP contribution in [0.15, 0.2) is 12.1 Å². The summed E-state index contributed by atoms with van der Waals surface area (Å²) in [5.74, 6) is 0.650. The van der Waals surface area contributed by atoms with Gasteiger partial charge in [-0.25, -0.2) is 0 Å². The van der Waals surface area contributed by atoms with Crippen LogP contribution >= 0.6 is 0 Å². The van der Waals surface area contributed by atoms with E-state index in [-0.39, 0.29) is 5.91 Å². The predicted octanol–water partition coefficient (Wildman–Crippen LogP) is 1.47. The van der Waals surface area contributed by atoms with Gasteiger partial charge in [0.05, 0.1) is 0 Å². The van der Waals surface area contributed by atoms with E-state index in [0.717, 1.165) is 39.1 Å². The summed E-state index contributed by atoms with van der Waals surface area (Å²) in [5.41, 5.74) is 0.404. The smallest absolute Gasteiger partial charge is 0.274 e. The van der Waals surface area contributed by atoms with Crippen molar-refractivity contribution in [3.8, 4) is 0 Å². The number of nitrogens with one attached hydrogen (secondary N) is 1. The molecule has 116 valence electrons. The number of likely N-dealkylation sites (tertiary alicyclic amines) is 1. The number of likely N-dealkylation sites (N-methyl/N-ethyl adjacent to an activating group) is 1. The van der Waals surface area contributed by atoms with Gasteiger partial charge in [0.1, 0.15) is 5.82 Å². The van der Waals surface area contributed by atoms with E-state index in [0.29, 0.717) is 11.5 Å². The summed E-state index contributed by atoms with van der Waals surface area (Å²) in [5, 5.41) is 11.2. The van der Waals surface area contributed by atoms with E-state index in [1.165, 1.54) is 12.8 Å². The van der Waals surface area contributed by atoms with Crippen molar-refractivity contribution in [2.45, 2.75) is 26.2 Å². The number of nitrogens with zero attached hydrogens (tertiary/aromatic N) is 4. The molecule has 6 nitrogen and oxygen atoms in total. The Bertz CT molecular complexity index is 442. The molecule has 1 fully saturated rings. The lowest BCUT2D eigenvalue weighted by Crippen LogP contribution is -2.35. The van der Waals surface area contributed by atoms with Crippen LogP contribution in [0.5, 0.6) is 0 Å². The van der Waals surface area contributed by atoms with Crippen molar-refractivity contribution in [2.75, 3.05) is 45.1 Å². The van der Waals surface area contributed by atoms with Crippen molar-refractivity contribution in [1.29, 1.82) is 0 Å². The van der Waals surface area contributed by atoms with Gasteiger partial charge in [-0.15, -0.1) is 10.2 Å². The van der Waals surface area contributed by atoms with Crippen LogP contribution in [0.25, 0.3) is 0 Å². The number of carbonyl (C=O) groups is 1. The van der Waals surface area contributed by atoms with Gasteiger partial charge in [0.15, 0.2) is 5.69 Å². The zero-order chi connectivity index (χ0) is 15.1. The van der Waals surface area contributed by atoms with Crippen LogP contribution in [0.2, 0.25) is 0 Å². The van der Waals surface area contributed by atoms with E-state index in [4.69, 9.17) is 0 Å². The van der Waals surface area contributed by atoms with Gasteiger partial charge in [0.25, 0.3) is 5.91 Å². The average molecular weight is 291 g/mol. The normalized spacial score (nSPS) is 15.1. The first-order valence-corrected chi connectivity index (χ1v) is 7.76. The summed E-state index contributed by atoms with van der Waals surface area (Å²) in [4.78, 5) is 16.4. The first kappa shape index (κ1) is 15.7. The number of hydrogen-bond acceptors (Lipinski definition) is 5. The molecule has 1 saturated heterocycles. The molecule has 1 aromatic rings. The Morgan fingerprint density at radius 3 is 2.71 bits per heavy atom. The number of rotatable bonds is 7. The van der Waals surface area contributed by atoms with Gasteiger partial charge in [0.2, 0.25) is 0 Å². The van der Waals surface area contributed by atoms with Crippen molar-refractivity contribution in [3.05, 3.63) is 17.8 Å². The van der Waals surface area contributed by atoms with Gasteiger partial charge in [-0.1, -0.05) is 6.92 Å². The molecular weight excluding hydrogens is 266 g/mol. The second kappa shape index (κ2) is 7.93. The van der Waals surface area contributed by atoms with Crippen LogP contribution in [0.1, 0.15) is 36.7 Å². The minimum atomic E-state index is -0.0660. The van der Waals surface area contributed by atoms with Crippen molar-refractivity contribution < 1.29 is 4.79 Å². The fraction of sp³-hybridized carbons (Fsp3) is 0.667. The van der Waals surface area contributed by atoms with E-state index in [9.17, 15) is 4.79 Å². The molecule has 1 N–H and O–H groups in total. The molecular formula is C15H25N5O. The van der Waals surface area contributed by atoms with E-state index in [1.807, 2.05) is 13.1 Å². The van der Waals surface area contributed by atoms with Crippen LogP contribution in [0, 0.1) is 0 Å². The molecule has 0 aromatic carbocycles. The maximum Gasteiger partial charge on any atom is 0.274 e. The second-order valence-electron chi connectivity index (χ2n) is 5.51. The molecule has 1 amide bonds. The van der Waals surface area contributed by atoms with Crippen molar-refractivity contribution in [3.63, 3.8) is 0 Å². The SMILES string of the molecule is CCCNc1ccc(C(=O)N(C)CCN2CCCC2)nn1. The predicted molar refractivity (Wildman–Crippen MR) is 83.4 cm³/mol. The Kier molecular flexibility index (Phi) is 5.92. The minimum absolute atomic E-state index is 0.0660. The van der Waals surface area contributed by atoms with Crippen LogP contribution in [0.3, 0.4) is 0 Å². The summed E-state index contributed by atoms with van der Waals surface area (Å²) in [7, 11) is 1.82. The largest absolute Gasteiger partial charge is 0.369 e. The van der Waals surface area contributed by atoms with E-state index >= 15 is 0 Å². The van der Waals surface area contributed by atoms with E-state index < -0.39 is 0 Å². The lowest BCUT2D eigenvalue weighted by atomic mass is 10.3. The van der Waals surface area contributed by atoms with Gasteiger partial charge in [-0.2, -0.15) is 0 Å². The zero-order valence-electron chi connectivity index (χ0n) is 13.0. The second-order valence-corrected chi connectivity index (χ2v) is 5.51. The number of aromatic nitrogens is 2. The quantitative estimate of drug-likeness (QED) is 0.824. The standard InChI is InChI=1S/C15H25N5O/c1-3-8-16-14-7-6-13(17-18-14)15(21)19(2)11-12-20-9-4-5-10-20/h6-7H,3-5,8-12H2,1-2H3,(H,16,18). The van der Waals surface area contributed by atoms with Crippen LogP contribution in [-0.4, -0.2) is 65.7 Å². The summed E-state index contributed by atoms with van der Waals surface area (Å²) in [6.45, 7) is 6.92. The molecule has 1 aliphatic rings. The molecule has 0 aliphatic carbocycles. The Balaban J connectivity index is 1.83. The van der Waals surface area contributed by atoms with Crippen molar-refractivity contribution >= 4 is 11.7 Å². The minimum Gasteiger partial charge on any atom is -0.369 e. The van der Waals surface area contributed by atoms with Crippen molar-refractivity contribution in [2.24, 2.45) is 0 Å². The Labute approximate surface area is 126 Å². The van der Waals surface area contributed by atoms with Gasteiger partial charge in [0, 0.05) is 26.7 Å². The highest BCUT2D eigenvalue weighted by Gasteiger charge is 2.16. The third-order valence-electron chi connectivity index (χ3n) is 3.74. The maximum atomic E-state index is 12.3. The highest BCUT2D eigenvalue weighted by Crippen LogP contribution is 2.08. The highest BCUT2D eigenvalue weighted by molar-refractivity contribution is 5.92. The van der Waals surface area contributed by atoms with Gasteiger partial charge < -0.3 is 15.1 Å². The Hall–Kier alpha value is -1.69. The summed E-state index contributed by atoms with van der Waals surface area (Å²) in [6.07, 6.45) is 3.58. The van der Waals surface area contributed by atoms with Crippen molar-refractivity contribution in [1.82, 2.24) is 20.0 Å². The van der Waals surface area contributed by atoms with E-state index in [2.05, 4.69) is 27.3 Å². The molecule has 1 aromatic heterocycles. The van der Waals surface area contributed by atoms with Crippen LogP contribution in [0.4, 0.5) is 5.82 Å². The number of anilines is 1. The van der Waals surface area contributed by atoms with Crippen LogP contribution < -0.4 is 5.32 Å². The van der Waals surface area contributed by atoms with Crippen LogP contribution in [-0.2, 0) is 0 Å². The third kappa shape index (κ3) is 4.67. The molecule has 0 saturated carbocycles. The number of carbonyl (C=O) groups excluding carboxylic acids is 1. The summed E-state index contributed by atoms with van der Waals surface area (Å²) in [6, 6.07) is 3.55. The maximum absolute atomic E-state index is 12.3. The summed E-state index contributed by atoms with van der Waals surface area (Å²) >= 11 is 0. The van der Waals surface area contributed by atoms with Gasteiger partial charge in [-0.3, -0.25) is 4.79 Å². The molecule has 0 bridgehead atoms. The van der Waals surface area contributed by atoms with Gasteiger partial charge >= 0.3 is 0 Å². The molecule has 0 spiro atoms. The topological polar surface area (TPSA) is 61.4 Å². The zero-order valence-corrected chi connectivity index (χ0v) is 13.0.